The third-order valence-corrected chi connectivity index (χ3v) is 2.87. The molecule has 3 aromatic rings. The Balaban J connectivity index is 2.00. The van der Waals surface area contributed by atoms with Crippen molar-refractivity contribution >= 4 is 11.6 Å². The molecule has 7 nitrogen and oxygen atoms in total. The number of hydrogen-bond acceptors (Lipinski definition) is 5. The smallest absolute Gasteiger partial charge is 0.339 e. The molecule has 0 fully saturated rings. The van der Waals surface area contributed by atoms with Crippen LogP contribution in [0, 0.1) is 0 Å². The molecule has 0 amide bonds. The van der Waals surface area contributed by atoms with Gasteiger partial charge in [0, 0.05) is 24.4 Å². The highest BCUT2D eigenvalue weighted by molar-refractivity contribution is 5.91. The van der Waals surface area contributed by atoms with E-state index in [1.165, 1.54) is 19.2 Å². The summed E-state index contributed by atoms with van der Waals surface area (Å²) in [5.74, 6) is -0.143. The maximum Gasteiger partial charge on any atom is 0.339 e. The number of rotatable bonds is 4. The summed E-state index contributed by atoms with van der Waals surface area (Å²) in [6.07, 6.45) is 3.29. The first-order valence-corrected chi connectivity index (χ1v) is 6.07. The number of hydrogen-bond donors (Lipinski definition) is 1. The van der Waals surface area contributed by atoms with Gasteiger partial charge in [-0.1, -0.05) is 0 Å². The van der Waals surface area contributed by atoms with E-state index in [1.54, 1.807) is 35.1 Å². The molecule has 2 aromatic heterocycles. The fourth-order valence-electron chi connectivity index (χ4n) is 1.86. The Morgan fingerprint density at radius 3 is 2.90 bits per heavy atom. The van der Waals surface area contributed by atoms with Crippen LogP contribution < -0.4 is 9.47 Å². The minimum atomic E-state index is -1.09. The van der Waals surface area contributed by atoms with E-state index in [-0.39, 0.29) is 17.2 Å². The summed E-state index contributed by atoms with van der Waals surface area (Å²) in [4.78, 5) is 15.5. The van der Waals surface area contributed by atoms with E-state index in [0.29, 0.717) is 11.4 Å². The lowest BCUT2D eigenvalue weighted by atomic mass is 10.2. The zero-order chi connectivity index (χ0) is 14.8. The van der Waals surface area contributed by atoms with Gasteiger partial charge in [0.2, 0.25) is 5.88 Å². The lowest BCUT2D eigenvalue weighted by molar-refractivity contribution is 0.0694. The van der Waals surface area contributed by atoms with Gasteiger partial charge in [0.25, 0.3) is 0 Å². The van der Waals surface area contributed by atoms with E-state index >= 15 is 0 Å². The van der Waals surface area contributed by atoms with Crippen LogP contribution in [0.2, 0.25) is 0 Å². The van der Waals surface area contributed by atoms with Gasteiger partial charge in [-0.05, 0) is 12.1 Å². The van der Waals surface area contributed by atoms with E-state index in [9.17, 15) is 9.90 Å². The Morgan fingerprint density at radius 1 is 1.29 bits per heavy atom. The summed E-state index contributed by atoms with van der Waals surface area (Å²) in [5.41, 5.74) is 0.637. The fraction of sp³-hybridized carbons (Fsp3) is 0.0714. The van der Waals surface area contributed by atoms with Crippen LogP contribution >= 0.6 is 0 Å². The Labute approximate surface area is 119 Å². The van der Waals surface area contributed by atoms with Crippen LogP contribution in [0.4, 0.5) is 0 Å². The molecule has 0 aliphatic rings. The molecule has 1 aromatic carbocycles. The third kappa shape index (κ3) is 2.48. The molecule has 0 aliphatic heterocycles. The first-order valence-electron chi connectivity index (χ1n) is 6.07. The van der Waals surface area contributed by atoms with Crippen molar-refractivity contribution in [3.63, 3.8) is 0 Å². The summed E-state index contributed by atoms with van der Waals surface area (Å²) >= 11 is 0. The van der Waals surface area contributed by atoms with Crippen LogP contribution in [0.15, 0.2) is 42.7 Å². The number of ether oxygens (including phenoxy) is 2. The number of methoxy groups -OCH3 is 1. The van der Waals surface area contributed by atoms with Gasteiger partial charge in [0.1, 0.15) is 17.1 Å². The van der Waals surface area contributed by atoms with Crippen molar-refractivity contribution in [3.8, 4) is 17.4 Å². The van der Waals surface area contributed by atoms with Crippen molar-refractivity contribution in [1.29, 1.82) is 0 Å². The van der Waals surface area contributed by atoms with E-state index in [1.807, 2.05) is 0 Å². The second-order valence-corrected chi connectivity index (χ2v) is 4.17. The molecule has 3 rings (SSSR count). The predicted molar refractivity (Wildman–Crippen MR) is 73.0 cm³/mol. The van der Waals surface area contributed by atoms with Crippen LogP contribution in [0.3, 0.4) is 0 Å². The minimum absolute atomic E-state index is 0.0333. The Hall–Kier alpha value is -3.09. The minimum Gasteiger partial charge on any atom is -0.497 e. The quantitative estimate of drug-likeness (QED) is 0.791. The van der Waals surface area contributed by atoms with Gasteiger partial charge in [-0.15, -0.1) is 0 Å². The van der Waals surface area contributed by atoms with Crippen molar-refractivity contribution in [2.24, 2.45) is 0 Å². The van der Waals surface area contributed by atoms with Crippen LogP contribution in [-0.4, -0.2) is 32.8 Å². The predicted octanol–water partition coefficient (Wildman–Crippen LogP) is 2.23. The Bertz CT molecular complexity index is 813. The van der Waals surface area contributed by atoms with Crippen molar-refractivity contribution in [1.82, 2.24) is 14.6 Å². The van der Waals surface area contributed by atoms with Gasteiger partial charge in [0.05, 0.1) is 13.3 Å². The van der Waals surface area contributed by atoms with Crippen molar-refractivity contribution < 1.29 is 19.4 Å². The summed E-state index contributed by atoms with van der Waals surface area (Å²) < 4.78 is 12.2. The van der Waals surface area contributed by atoms with Crippen molar-refractivity contribution in [2.45, 2.75) is 0 Å². The number of carbonyl (C=O) groups is 1. The molecule has 2 heterocycles. The number of fused-ring (bicyclic) bond motifs is 1. The molecule has 21 heavy (non-hydrogen) atoms. The molecule has 0 atom stereocenters. The van der Waals surface area contributed by atoms with Crippen molar-refractivity contribution in [3.05, 3.63) is 48.3 Å². The van der Waals surface area contributed by atoms with E-state index in [4.69, 9.17) is 9.47 Å². The average molecular weight is 285 g/mol. The van der Waals surface area contributed by atoms with Crippen LogP contribution in [-0.2, 0) is 0 Å². The molecule has 0 radical (unpaired) electrons. The van der Waals surface area contributed by atoms with Gasteiger partial charge in [-0.2, -0.15) is 10.1 Å². The monoisotopic (exact) mass is 285 g/mol. The first kappa shape index (κ1) is 12.9. The highest BCUT2D eigenvalue weighted by Gasteiger charge is 2.14. The molecule has 0 saturated heterocycles. The van der Waals surface area contributed by atoms with Gasteiger partial charge >= 0.3 is 5.97 Å². The molecule has 0 spiro atoms. The second kappa shape index (κ2) is 5.12. The number of aromatic nitrogens is 3. The maximum atomic E-state index is 11.2. The van der Waals surface area contributed by atoms with E-state index in [2.05, 4.69) is 10.1 Å². The van der Waals surface area contributed by atoms with Crippen LogP contribution in [0.1, 0.15) is 10.4 Å². The summed E-state index contributed by atoms with van der Waals surface area (Å²) in [6, 6.07) is 7.81. The molecule has 1 N–H and O–H groups in total. The van der Waals surface area contributed by atoms with Crippen LogP contribution in [0.5, 0.6) is 17.4 Å². The van der Waals surface area contributed by atoms with Gasteiger partial charge in [0.15, 0.2) is 5.65 Å². The van der Waals surface area contributed by atoms with Gasteiger partial charge in [-0.25, -0.2) is 9.31 Å². The number of benzene rings is 1. The number of carboxylic acids is 1. The molecule has 0 saturated carbocycles. The third-order valence-electron chi connectivity index (χ3n) is 2.87. The number of aromatic carboxylic acids is 1. The Kier molecular flexibility index (Phi) is 3.15. The fourth-order valence-corrected chi connectivity index (χ4v) is 1.86. The highest BCUT2D eigenvalue weighted by atomic mass is 16.5. The summed E-state index contributed by atoms with van der Waals surface area (Å²) in [5, 5.41) is 13.2. The largest absolute Gasteiger partial charge is 0.497 e. The number of carboxylic acid groups (broad SMARTS) is 1. The number of nitrogens with zero attached hydrogens (tertiary/aromatic N) is 3. The zero-order valence-corrected chi connectivity index (χ0v) is 11.1. The summed E-state index contributed by atoms with van der Waals surface area (Å²) in [7, 11) is 1.50. The van der Waals surface area contributed by atoms with E-state index in [0.717, 1.165) is 0 Å². The molecular weight excluding hydrogens is 274 g/mol. The molecule has 106 valence electrons. The molecule has 0 unspecified atom stereocenters. The SMILES string of the molecule is COc1ccc(C(=O)O)c(Oc2ccn3nccc3n2)c1. The molecule has 7 heteroatoms. The normalized spacial score (nSPS) is 10.5. The first-order chi connectivity index (χ1) is 10.2. The topological polar surface area (TPSA) is 86.0 Å². The average Bonchev–Trinajstić information content (AvgIpc) is 2.94. The Morgan fingerprint density at radius 2 is 2.14 bits per heavy atom. The summed E-state index contributed by atoms with van der Waals surface area (Å²) in [6.45, 7) is 0. The van der Waals surface area contributed by atoms with E-state index < -0.39 is 5.97 Å². The molecule has 0 aliphatic carbocycles. The zero-order valence-electron chi connectivity index (χ0n) is 11.1. The maximum absolute atomic E-state index is 11.2. The standard InChI is InChI=1S/C14H11N3O4/c1-20-9-2-3-10(14(18)19)11(8-9)21-13-5-7-17-12(16-13)4-6-15-17/h2-8H,1H3,(H,18,19). The van der Waals surface area contributed by atoms with Gasteiger partial charge < -0.3 is 14.6 Å². The molecule has 0 bridgehead atoms. The van der Waals surface area contributed by atoms with Crippen LogP contribution in [0.25, 0.3) is 5.65 Å². The van der Waals surface area contributed by atoms with Gasteiger partial charge in [-0.3, -0.25) is 0 Å². The highest BCUT2D eigenvalue weighted by Crippen LogP contribution is 2.28. The van der Waals surface area contributed by atoms with Crippen molar-refractivity contribution in [2.75, 3.05) is 7.11 Å². The lowest BCUT2D eigenvalue weighted by Gasteiger charge is -2.09. The second-order valence-electron chi connectivity index (χ2n) is 4.17. The lowest BCUT2D eigenvalue weighted by Crippen LogP contribution is -2.01. The molecular formula is C14H11N3O4.